The van der Waals surface area contributed by atoms with Crippen molar-refractivity contribution in [2.45, 2.75) is 13.3 Å². The number of carbonyl (C=O) groups excluding carboxylic acids is 1. The number of likely N-dealkylation sites (N-methyl/N-ethyl adjacent to an activating group) is 1. The summed E-state index contributed by atoms with van der Waals surface area (Å²) in [5.41, 5.74) is 6.33. The van der Waals surface area contributed by atoms with Crippen LogP contribution in [-0.4, -0.2) is 64.7 Å². The van der Waals surface area contributed by atoms with E-state index in [1.807, 2.05) is 110 Å². The summed E-state index contributed by atoms with van der Waals surface area (Å²) in [5, 5.41) is 13.3. The van der Waals surface area contributed by atoms with E-state index in [0.29, 0.717) is 35.4 Å². The van der Waals surface area contributed by atoms with Crippen LogP contribution in [0.4, 0.5) is 17.3 Å². The fourth-order valence-electron chi connectivity index (χ4n) is 5.10. The lowest BCUT2D eigenvalue weighted by atomic mass is 10.0. The van der Waals surface area contributed by atoms with E-state index in [1.54, 1.807) is 24.6 Å². The van der Waals surface area contributed by atoms with Crippen LogP contribution in [0.2, 0.25) is 0 Å². The van der Waals surface area contributed by atoms with Gasteiger partial charge in [-0.05, 0) is 81.0 Å². The van der Waals surface area contributed by atoms with E-state index in [4.69, 9.17) is 19.6 Å². The summed E-state index contributed by atoms with van der Waals surface area (Å²) in [6.45, 7) is 3.43. The van der Waals surface area contributed by atoms with Crippen molar-refractivity contribution in [1.29, 1.82) is 0 Å². The number of hydrogen-bond acceptors (Lipinski definition) is 9. The topological polar surface area (TPSA) is 106 Å². The van der Waals surface area contributed by atoms with Gasteiger partial charge < -0.3 is 25.0 Å². The van der Waals surface area contributed by atoms with Crippen LogP contribution in [0.5, 0.6) is 11.5 Å². The SMILES string of the molecule is COc1ccc(-c2nn3ccccc3c2-c2ccnc(Nc3cccc(OCCN(C)C)c3C)n2)cc1NC(=O)Cc1cccs1. The van der Waals surface area contributed by atoms with Crippen LogP contribution in [-0.2, 0) is 11.2 Å². The Balaban J connectivity index is 1.34. The van der Waals surface area contributed by atoms with Crippen LogP contribution < -0.4 is 20.1 Å². The molecular formula is C35H35N7O3S. The van der Waals surface area contributed by atoms with Gasteiger partial charge in [0.05, 0.1) is 36.0 Å². The number of amides is 1. The molecule has 0 aliphatic rings. The van der Waals surface area contributed by atoms with E-state index in [0.717, 1.165) is 45.1 Å². The van der Waals surface area contributed by atoms with Crippen LogP contribution in [0.25, 0.3) is 28.0 Å². The number of rotatable bonds is 12. The molecule has 11 heteroatoms. The second-order valence-electron chi connectivity index (χ2n) is 10.9. The number of benzene rings is 2. The number of methoxy groups -OCH3 is 1. The minimum atomic E-state index is -0.123. The summed E-state index contributed by atoms with van der Waals surface area (Å²) in [5.74, 6) is 1.70. The van der Waals surface area contributed by atoms with E-state index < -0.39 is 0 Å². The molecule has 2 aromatic carbocycles. The summed E-state index contributed by atoms with van der Waals surface area (Å²) in [6.07, 6.45) is 3.92. The number of carbonyl (C=O) groups is 1. The van der Waals surface area contributed by atoms with Crippen molar-refractivity contribution < 1.29 is 14.3 Å². The first-order valence-corrected chi connectivity index (χ1v) is 15.7. The number of nitrogens with zero attached hydrogens (tertiary/aromatic N) is 5. The van der Waals surface area contributed by atoms with Crippen molar-refractivity contribution in [3.63, 3.8) is 0 Å². The standard InChI is InChI=1S/C35H35N7O3S/c1-23-26(10-7-12-30(23)45-19-18-41(2)3)38-35-36-16-15-27(39-35)33-29-11-5-6-17-42(29)40-34(33)24-13-14-31(44-4)28(21-24)37-32(43)22-25-9-8-20-46-25/h5-17,20-21H,18-19,22H2,1-4H3,(H,37,43)(H,36,38,39). The maximum atomic E-state index is 12.9. The normalized spacial score (nSPS) is 11.2. The van der Waals surface area contributed by atoms with Gasteiger partial charge in [0.15, 0.2) is 0 Å². The van der Waals surface area contributed by atoms with Crippen molar-refractivity contribution in [3.05, 3.63) is 101 Å². The van der Waals surface area contributed by atoms with Crippen molar-refractivity contribution >= 4 is 40.1 Å². The molecule has 0 radical (unpaired) electrons. The van der Waals surface area contributed by atoms with E-state index in [9.17, 15) is 4.79 Å². The molecule has 0 saturated carbocycles. The van der Waals surface area contributed by atoms with Crippen LogP contribution in [0.3, 0.4) is 0 Å². The maximum absolute atomic E-state index is 12.9. The Bertz CT molecular complexity index is 1970. The second kappa shape index (κ2) is 13.8. The van der Waals surface area contributed by atoms with Gasteiger partial charge >= 0.3 is 0 Å². The highest BCUT2D eigenvalue weighted by Gasteiger charge is 2.20. The van der Waals surface area contributed by atoms with Crippen molar-refractivity contribution in [2.75, 3.05) is 45.0 Å². The molecule has 0 saturated heterocycles. The Labute approximate surface area is 271 Å². The van der Waals surface area contributed by atoms with Crippen molar-refractivity contribution in [3.8, 4) is 34.0 Å². The molecule has 10 nitrogen and oxygen atoms in total. The maximum Gasteiger partial charge on any atom is 0.229 e. The highest BCUT2D eigenvalue weighted by atomic mass is 32.1. The molecule has 4 aromatic heterocycles. The van der Waals surface area contributed by atoms with Crippen LogP contribution in [0.1, 0.15) is 10.4 Å². The third-order valence-corrected chi connectivity index (χ3v) is 8.32. The zero-order chi connectivity index (χ0) is 32.0. The first-order chi connectivity index (χ1) is 22.4. The number of hydrogen-bond donors (Lipinski definition) is 2. The number of anilines is 3. The molecule has 4 heterocycles. The monoisotopic (exact) mass is 633 g/mol. The van der Waals surface area contributed by atoms with Gasteiger partial charge in [0.2, 0.25) is 11.9 Å². The van der Waals surface area contributed by atoms with E-state index in [-0.39, 0.29) is 12.3 Å². The minimum Gasteiger partial charge on any atom is -0.495 e. The average molecular weight is 634 g/mol. The predicted molar refractivity (Wildman–Crippen MR) is 183 cm³/mol. The smallest absolute Gasteiger partial charge is 0.229 e. The third-order valence-electron chi connectivity index (χ3n) is 7.44. The summed E-state index contributed by atoms with van der Waals surface area (Å²) in [6, 6.07) is 23.2. The number of aromatic nitrogens is 4. The lowest BCUT2D eigenvalue weighted by Gasteiger charge is -2.15. The quantitative estimate of drug-likeness (QED) is 0.153. The van der Waals surface area contributed by atoms with Gasteiger partial charge in [-0.25, -0.2) is 14.5 Å². The van der Waals surface area contributed by atoms with Gasteiger partial charge in [-0.1, -0.05) is 18.2 Å². The molecule has 2 N–H and O–H groups in total. The second-order valence-corrected chi connectivity index (χ2v) is 12.0. The highest BCUT2D eigenvalue weighted by Crippen LogP contribution is 2.38. The van der Waals surface area contributed by atoms with Crippen molar-refractivity contribution in [2.24, 2.45) is 0 Å². The molecule has 0 unspecified atom stereocenters. The van der Waals surface area contributed by atoms with E-state index >= 15 is 0 Å². The van der Waals surface area contributed by atoms with E-state index in [1.165, 1.54) is 0 Å². The molecule has 0 aliphatic carbocycles. The lowest BCUT2D eigenvalue weighted by molar-refractivity contribution is -0.115. The molecule has 1 amide bonds. The molecule has 0 atom stereocenters. The van der Waals surface area contributed by atoms with Gasteiger partial charge in [0.25, 0.3) is 0 Å². The lowest BCUT2D eigenvalue weighted by Crippen LogP contribution is -2.19. The Kier molecular flexibility index (Phi) is 9.23. The molecule has 46 heavy (non-hydrogen) atoms. The fourth-order valence-corrected chi connectivity index (χ4v) is 5.80. The Morgan fingerprint density at radius 2 is 1.89 bits per heavy atom. The largest absolute Gasteiger partial charge is 0.495 e. The average Bonchev–Trinajstić information content (AvgIpc) is 3.71. The van der Waals surface area contributed by atoms with Gasteiger partial charge in [0.1, 0.15) is 23.8 Å². The fraction of sp³-hybridized carbons (Fsp3) is 0.200. The van der Waals surface area contributed by atoms with E-state index in [2.05, 4.69) is 20.5 Å². The van der Waals surface area contributed by atoms with Crippen molar-refractivity contribution in [1.82, 2.24) is 24.5 Å². The van der Waals surface area contributed by atoms with Gasteiger partial charge in [-0.2, -0.15) is 5.10 Å². The minimum absolute atomic E-state index is 0.123. The molecule has 0 bridgehead atoms. The van der Waals surface area contributed by atoms with Crippen LogP contribution in [0, 0.1) is 6.92 Å². The molecule has 6 aromatic rings. The summed E-state index contributed by atoms with van der Waals surface area (Å²) >= 11 is 1.55. The summed E-state index contributed by atoms with van der Waals surface area (Å²) in [7, 11) is 5.63. The molecule has 0 aliphatic heterocycles. The number of thiophene rings is 1. The van der Waals surface area contributed by atoms with Gasteiger partial charge in [0, 0.05) is 40.6 Å². The zero-order valence-corrected chi connectivity index (χ0v) is 27.0. The highest BCUT2D eigenvalue weighted by molar-refractivity contribution is 7.10. The Morgan fingerprint density at radius 3 is 2.70 bits per heavy atom. The van der Waals surface area contributed by atoms with Crippen LogP contribution in [0.15, 0.2) is 90.6 Å². The molecular weight excluding hydrogens is 598 g/mol. The third kappa shape index (κ3) is 6.85. The number of fused-ring (bicyclic) bond motifs is 1. The summed E-state index contributed by atoms with van der Waals surface area (Å²) < 4.78 is 13.5. The molecule has 0 fully saturated rings. The number of nitrogens with one attached hydrogen (secondary N) is 2. The molecule has 6 rings (SSSR count). The number of pyridine rings is 1. The summed E-state index contributed by atoms with van der Waals surface area (Å²) in [4.78, 5) is 25.5. The van der Waals surface area contributed by atoms with Gasteiger partial charge in [-0.3, -0.25) is 4.79 Å². The Morgan fingerprint density at radius 1 is 1.00 bits per heavy atom. The predicted octanol–water partition coefficient (Wildman–Crippen LogP) is 6.70. The van der Waals surface area contributed by atoms with Crippen LogP contribution >= 0.6 is 11.3 Å². The number of ether oxygens (including phenoxy) is 2. The van der Waals surface area contributed by atoms with Gasteiger partial charge in [-0.15, -0.1) is 11.3 Å². The first-order valence-electron chi connectivity index (χ1n) is 14.8. The molecule has 234 valence electrons. The molecule has 0 spiro atoms. The zero-order valence-electron chi connectivity index (χ0n) is 26.2. The Hall–Kier alpha value is -5.26. The first kappa shape index (κ1) is 30.8.